The number of fused-ring (bicyclic) bond motifs is 1. The van der Waals surface area contributed by atoms with E-state index in [0.29, 0.717) is 17.6 Å². The van der Waals surface area contributed by atoms with E-state index in [9.17, 15) is 0 Å². The zero-order valence-corrected chi connectivity index (χ0v) is 26.1. The average Bonchev–Trinajstić information content (AvgIpc) is 3.05. The van der Waals surface area contributed by atoms with Gasteiger partial charge in [-0.15, -0.1) is 0 Å². The highest BCUT2D eigenvalue weighted by Gasteiger charge is 2.28. The van der Waals surface area contributed by atoms with E-state index in [1.807, 2.05) is 77.8 Å². The summed E-state index contributed by atoms with van der Waals surface area (Å²) in [4.78, 5) is 15.9. The van der Waals surface area contributed by atoms with Crippen LogP contribution in [0.1, 0.15) is 36.7 Å². The Morgan fingerprint density at radius 2 is 1.58 bits per heavy atom. The fourth-order valence-corrected chi connectivity index (χ4v) is 5.62. The average molecular weight is 599 g/mol. The van der Waals surface area contributed by atoms with E-state index >= 15 is 0 Å². The third kappa shape index (κ3) is 6.85. The van der Waals surface area contributed by atoms with Crippen LogP contribution in [0.25, 0.3) is 11.3 Å². The number of anilines is 2. The second kappa shape index (κ2) is 12.9. The topological polar surface area (TPSA) is 105 Å². The molecule has 1 aliphatic heterocycles. The summed E-state index contributed by atoms with van der Waals surface area (Å²) in [5, 5.41) is 10.3. The highest BCUT2D eigenvalue weighted by Crippen LogP contribution is 2.35. The Hall–Kier alpha value is -5.12. The van der Waals surface area contributed by atoms with E-state index < -0.39 is 6.17 Å². The molecule has 5 aromatic rings. The molecule has 6 rings (SSSR count). The molecule has 3 heterocycles. The highest BCUT2D eigenvalue weighted by atomic mass is 16.5. The molecule has 0 saturated carbocycles. The van der Waals surface area contributed by atoms with Crippen molar-refractivity contribution >= 4 is 17.3 Å². The summed E-state index contributed by atoms with van der Waals surface area (Å²) >= 11 is 0. The first-order valence-corrected chi connectivity index (χ1v) is 15.0. The Kier molecular flexibility index (Phi) is 8.55. The van der Waals surface area contributed by atoms with Crippen LogP contribution in [-0.2, 0) is 0 Å². The van der Waals surface area contributed by atoms with Gasteiger partial charge >= 0.3 is 0 Å². The first-order chi connectivity index (χ1) is 21.8. The quantitative estimate of drug-likeness (QED) is 0.186. The zero-order valence-electron chi connectivity index (χ0n) is 26.1. The number of nitrogens with two attached hydrogens (primary N) is 1. The van der Waals surface area contributed by atoms with Gasteiger partial charge in [-0.05, 0) is 62.0 Å². The van der Waals surface area contributed by atoms with Gasteiger partial charge in [0.05, 0.1) is 22.7 Å². The summed E-state index contributed by atoms with van der Waals surface area (Å²) in [5.74, 6) is 1.65. The Morgan fingerprint density at radius 3 is 2.36 bits per heavy atom. The number of hydrogen-bond donors (Lipinski definition) is 2. The molecule has 0 spiro atoms. The number of aromatic nitrogens is 3. The molecule has 0 aliphatic carbocycles. The van der Waals surface area contributed by atoms with Crippen LogP contribution in [0.3, 0.4) is 0 Å². The molecule has 228 valence electrons. The molecule has 0 fully saturated rings. The standard InChI is InChI=1S/C36H38N8O/c1-36(2,24-43(3)4)23-40-35-39-22-20-31(41-35)30-15-10-21-38-34(30)45-27-18-16-26(17-19-27)44-33(37)29-14-9-8-13-28(29)32(42-44)25-11-6-5-7-12-25/h5-22,33H,23-24,37H2,1-4H3,(H,39,40,41). The third-order valence-electron chi connectivity index (χ3n) is 7.54. The second-order valence-corrected chi connectivity index (χ2v) is 12.2. The monoisotopic (exact) mass is 598 g/mol. The lowest BCUT2D eigenvalue weighted by Gasteiger charge is -2.33. The Labute approximate surface area is 264 Å². The fourth-order valence-electron chi connectivity index (χ4n) is 5.62. The van der Waals surface area contributed by atoms with E-state index in [-0.39, 0.29) is 5.41 Å². The van der Waals surface area contributed by atoms with Crippen molar-refractivity contribution in [2.75, 3.05) is 37.5 Å². The van der Waals surface area contributed by atoms with Crippen LogP contribution in [0.4, 0.5) is 11.6 Å². The highest BCUT2D eigenvalue weighted by molar-refractivity contribution is 6.14. The molecular weight excluding hydrogens is 560 g/mol. The smallest absolute Gasteiger partial charge is 0.228 e. The molecule has 3 N–H and O–H groups in total. The second-order valence-electron chi connectivity index (χ2n) is 12.2. The van der Waals surface area contributed by atoms with Crippen LogP contribution in [0.15, 0.2) is 115 Å². The number of nitrogens with one attached hydrogen (secondary N) is 1. The molecule has 0 amide bonds. The molecule has 2 aromatic heterocycles. The van der Waals surface area contributed by atoms with Crippen LogP contribution in [-0.4, -0.2) is 52.7 Å². The van der Waals surface area contributed by atoms with Crippen molar-refractivity contribution < 1.29 is 4.74 Å². The number of rotatable bonds is 10. The maximum Gasteiger partial charge on any atom is 0.228 e. The van der Waals surface area contributed by atoms with Crippen LogP contribution in [0.5, 0.6) is 11.6 Å². The summed E-state index contributed by atoms with van der Waals surface area (Å²) in [6.07, 6.45) is 3.03. The summed E-state index contributed by atoms with van der Waals surface area (Å²) in [5.41, 5.74) is 13.1. The normalized spacial score (nSPS) is 14.6. The van der Waals surface area contributed by atoms with Crippen molar-refractivity contribution in [3.05, 3.63) is 126 Å². The fraction of sp³-hybridized carbons (Fsp3) is 0.222. The van der Waals surface area contributed by atoms with Gasteiger partial charge in [-0.3, -0.25) is 0 Å². The number of pyridine rings is 1. The van der Waals surface area contributed by atoms with Crippen molar-refractivity contribution in [3.8, 4) is 22.9 Å². The molecule has 0 saturated heterocycles. The minimum Gasteiger partial charge on any atom is -0.438 e. The van der Waals surface area contributed by atoms with E-state index in [1.54, 1.807) is 12.4 Å². The predicted octanol–water partition coefficient (Wildman–Crippen LogP) is 6.56. The maximum atomic E-state index is 6.75. The molecule has 45 heavy (non-hydrogen) atoms. The van der Waals surface area contributed by atoms with Gasteiger partial charge in [0.1, 0.15) is 11.9 Å². The zero-order chi connectivity index (χ0) is 31.4. The SMILES string of the molecule is CN(C)CC(C)(C)CNc1nccc(-c2cccnc2Oc2ccc(N3N=C(c4ccccc4)c4ccccc4C3N)cc2)n1. The molecule has 9 heteroatoms. The van der Waals surface area contributed by atoms with Crippen molar-refractivity contribution in [1.82, 2.24) is 19.9 Å². The number of ether oxygens (including phenoxy) is 1. The Bertz CT molecular complexity index is 1790. The molecule has 1 unspecified atom stereocenters. The van der Waals surface area contributed by atoms with Crippen LogP contribution >= 0.6 is 0 Å². The van der Waals surface area contributed by atoms with Gasteiger partial charge in [0.15, 0.2) is 0 Å². The van der Waals surface area contributed by atoms with Crippen molar-refractivity contribution in [1.29, 1.82) is 0 Å². The van der Waals surface area contributed by atoms with Gasteiger partial charge in [-0.25, -0.2) is 20.0 Å². The first kappa shape index (κ1) is 29.9. The lowest BCUT2D eigenvalue weighted by Crippen LogP contribution is -2.36. The summed E-state index contributed by atoms with van der Waals surface area (Å²) < 4.78 is 6.29. The molecular formula is C36H38N8O. The van der Waals surface area contributed by atoms with E-state index in [2.05, 4.69) is 72.4 Å². The molecule has 3 aromatic carbocycles. The number of benzene rings is 3. The van der Waals surface area contributed by atoms with Gasteiger partial charge in [0.25, 0.3) is 0 Å². The van der Waals surface area contributed by atoms with Crippen LogP contribution in [0, 0.1) is 5.41 Å². The van der Waals surface area contributed by atoms with E-state index in [0.717, 1.165) is 52.4 Å². The van der Waals surface area contributed by atoms with Gasteiger partial charge in [-0.1, -0.05) is 68.4 Å². The summed E-state index contributed by atoms with van der Waals surface area (Å²) in [6, 6.07) is 31.7. The minimum atomic E-state index is -0.433. The van der Waals surface area contributed by atoms with Gasteiger partial charge in [0, 0.05) is 42.2 Å². The van der Waals surface area contributed by atoms with Gasteiger partial charge in [0.2, 0.25) is 11.8 Å². The Balaban J connectivity index is 1.22. The third-order valence-corrected chi connectivity index (χ3v) is 7.54. The Morgan fingerprint density at radius 1 is 0.844 bits per heavy atom. The number of hydrogen-bond acceptors (Lipinski definition) is 9. The minimum absolute atomic E-state index is 0.0491. The predicted molar refractivity (Wildman–Crippen MR) is 181 cm³/mol. The van der Waals surface area contributed by atoms with E-state index in [1.165, 1.54) is 0 Å². The van der Waals surface area contributed by atoms with Gasteiger partial charge in [-0.2, -0.15) is 5.10 Å². The van der Waals surface area contributed by atoms with Crippen molar-refractivity contribution in [2.45, 2.75) is 20.0 Å². The lowest BCUT2D eigenvalue weighted by molar-refractivity contribution is 0.254. The summed E-state index contributed by atoms with van der Waals surface area (Å²) in [7, 11) is 4.15. The molecule has 1 atom stereocenters. The first-order valence-electron chi connectivity index (χ1n) is 15.0. The van der Waals surface area contributed by atoms with Gasteiger partial charge < -0.3 is 20.7 Å². The van der Waals surface area contributed by atoms with Crippen LogP contribution in [0.2, 0.25) is 0 Å². The largest absolute Gasteiger partial charge is 0.438 e. The molecule has 1 aliphatic rings. The van der Waals surface area contributed by atoms with E-state index in [4.69, 9.17) is 20.6 Å². The lowest BCUT2D eigenvalue weighted by atomic mass is 9.93. The molecule has 0 radical (unpaired) electrons. The van der Waals surface area contributed by atoms with Crippen molar-refractivity contribution in [3.63, 3.8) is 0 Å². The molecule has 0 bridgehead atoms. The number of nitrogens with zero attached hydrogens (tertiary/aromatic N) is 6. The molecule has 9 nitrogen and oxygen atoms in total. The van der Waals surface area contributed by atoms with Crippen molar-refractivity contribution in [2.24, 2.45) is 16.3 Å². The number of hydrazone groups is 1. The maximum absolute atomic E-state index is 6.75. The van der Waals surface area contributed by atoms with Crippen LogP contribution < -0.4 is 20.8 Å². The summed E-state index contributed by atoms with van der Waals surface area (Å²) in [6.45, 7) is 6.11.